The summed E-state index contributed by atoms with van der Waals surface area (Å²) in [4.78, 5) is 35.3. The van der Waals surface area contributed by atoms with Gasteiger partial charge in [-0.25, -0.2) is 4.99 Å². The van der Waals surface area contributed by atoms with Crippen molar-refractivity contribution in [3.05, 3.63) is 58.0 Å². The summed E-state index contributed by atoms with van der Waals surface area (Å²) in [6.07, 6.45) is 0. The number of rotatable bonds is 5. The number of Topliss-reactive ketones (excluding diaryl/α,β-unsaturated/α-hetero) is 1. The molecule has 6 nitrogen and oxygen atoms in total. The summed E-state index contributed by atoms with van der Waals surface area (Å²) in [6, 6.07) is 13.1. The highest BCUT2D eigenvalue weighted by Gasteiger charge is 2.39. The van der Waals surface area contributed by atoms with E-state index in [4.69, 9.17) is 9.73 Å². The van der Waals surface area contributed by atoms with Crippen LogP contribution < -0.4 is 9.64 Å². The molecule has 0 bridgehead atoms. The summed E-state index contributed by atoms with van der Waals surface area (Å²) in [5, 5.41) is 1.54. The molecule has 0 N–H and O–H groups in total. The number of methoxy groups -OCH3 is 1. The van der Waals surface area contributed by atoms with E-state index in [9.17, 15) is 9.59 Å². The molecular formula is C23H23N3O3S2. The Morgan fingerprint density at radius 2 is 1.84 bits per heavy atom. The van der Waals surface area contributed by atoms with Crippen LogP contribution in [0.1, 0.15) is 31.1 Å². The van der Waals surface area contributed by atoms with E-state index in [1.807, 2.05) is 37.3 Å². The minimum Gasteiger partial charge on any atom is -0.497 e. The Morgan fingerprint density at radius 3 is 2.52 bits per heavy atom. The van der Waals surface area contributed by atoms with E-state index in [1.165, 1.54) is 18.7 Å². The zero-order valence-corrected chi connectivity index (χ0v) is 19.5. The molecule has 0 radical (unpaired) electrons. The third-order valence-electron chi connectivity index (χ3n) is 5.08. The Kier molecular flexibility index (Phi) is 6.11. The Morgan fingerprint density at radius 1 is 1.06 bits per heavy atom. The molecule has 1 fully saturated rings. The van der Waals surface area contributed by atoms with Gasteiger partial charge in [0.2, 0.25) is 0 Å². The van der Waals surface area contributed by atoms with Gasteiger partial charge in [0, 0.05) is 29.6 Å². The molecule has 0 aromatic heterocycles. The molecule has 2 aliphatic heterocycles. The van der Waals surface area contributed by atoms with Crippen LogP contribution in [-0.2, 0) is 4.79 Å². The summed E-state index contributed by atoms with van der Waals surface area (Å²) < 4.78 is 5.38. The van der Waals surface area contributed by atoms with Crippen molar-refractivity contribution in [2.24, 2.45) is 4.99 Å². The maximum Gasteiger partial charge on any atom is 0.269 e. The second kappa shape index (κ2) is 8.80. The number of amidine groups is 1. The normalized spacial score (nSPS) is 19.4. The zero-order chi connectivity index (χ0) is 22.1. The molecule has 0 unspecified atom stereocenters. The number of nitrogens with zero attached hydrogens (tertiary/aromatic N) is 3. The topological polar surface area (TPSA) is 62.2 Å². The molecule has 31 heavy (non-hydrogen) atoms. The van der Waals surface area contributed by atoms with Crippen LogP contribution in [-0.4, -0.2) is 42.0 Å². The number of ether oxygens (including phenoxy) is 1. The van der Waals surface area contributed by atoms with E-state index >= 15 is 0 Å². The van der Waals surface area contributed by atoms with Crippen LogP contribution in [0.5, 0.6) is 5.75 Å². The molecule has 2 heterocycles. The van der Waals surface area contributed by atoms with E-state index in [0.717, 1.165) is 27.9 Å². The van der Waals surface area contributed by atoms with Crippen molar-refractivity contribution in [2.45, 2.75) is 25.7 Å². The van der Waals surface area contributed by atoms with Crippen LogP contribution in [0.4, 0.5) is 11.4 Å². The number of hydrogen-bond acceptors (Lipinski definition) is 7. The van der Waals surface area contributed by atoms with Crippen LogP contribution in [0, 0.1) is 0 Å². The van der Waals surface area contributed by atoms with Crippen LogP contribution in [0.15, 0.2) is 62.3 Å². The van der Waals surface area contributed by atoms with Crippen molar-refractivity contribution >= 4 is 51.8 Å². The maximum absolute atomic E-state index is 13.3. The molecule has 160 valence electrons. The molecule has 4 rings (SSSR count). The minimum atomic E-state index is -0.0466. The van der Waals surface area contributed by atoms with Crippen molar-refractivity contribution in [3.8, 4) is 5.75 Å². The first-order valence-electron chi connectivity index (χ1n) is 10.0. The Bertz CT molecular complexity index is 1130. The molecule has 2 aliphatic rings. The van der Waals surface area contributed by atoms with Gasteiger partial charge >= 0.3 is 0 Å². The van der Waals surface area contributed by atoms with Gasteiger partial charge in [0.05, 0.1) is 18.5 Å². The summed E-state index contributed by atoms with van der Waals surface area (Å²) in [5.74, 6) is 0.730. The standard InChI is InChI=1S/C23H23N3O3S2/c1-5-25-18-13-17(29-4)10-11-19(18)30-22(25)20-21(28)26(6-2)23(31-20)24-16-9-7-8-15(12-16)14(3)27/h7-13H,5-6H2,1-4H3. The zero-order valence-electron chi connectivity index (χ0n) is 17.8. The highest BCUT2D eigenvalue weighted by atomic mass is 32.2. The first kappa shape index (κ1) is 21.5. The SMILES string of the molecule is CCN1C(=O)C(=C2Sc3ccc(OC)cc3N2CC)SC1=Nc1cccc(C(C)=O)c1. The largest absolute Gasteiger partial charge is 0.497 e. The average Bonchev–Trinajstić information content (AvgIpc) is 3.29. The fraction of sp³-hybridized carbons (Fsp3) is 0.261. The number of ketones is 1. The average molecular weight is 454 g/mol. The third kappa shape index (κ3) is 3.97. The smallest absolute Gasteiger partial charge is 0.269 e. The van der Waals surface area contributed by atoms with E-state index in [1.54, 1.807) is 35.9 Å². The molecule has 0 spiro atoms. The predicted octanol–water partition coefficient (Wildman–Crippen LogP) is 5.28. The molecule has 0 saturated carbocycles. The number of benzene rings is 2. The highest BCUT2D eigenvalue weighted by Crippen LogP contribution is 2.51. The molecule has 1 saturated heterocycles. The van der Waals surface area contributed by atoms with Gasteiger partial charge in [0.1, 0.15) is 15.7 Å². The fourth-order valence-corrected chi connectivity index (χ4v) is 5.91. The Balaban J connectivity index is 1.73. The van der Waals surface area contributed by atoms with Crippen molar-refractivity contribution in [2.75, 3.05) is 25.1 Å². The van der Waals surface area contributed by atoms with Gasteiger partial charge in [-0.05, 0) is 56.8 Å². The summed E-state index contributed by atoms with van der Waals surface area (Å²) in [7, 11) is 1.65. The van der Waals surface area contributed by atoms with E-state index in [-0.39, 0.29) is 11.7 Å². The number of fused-ring (bicyclic) bond motifs is 1. The van der Waals surface area contributed by atoms with Crippen molar-refractivity contribution in [1.29, 1.82) is 0 Å². The van der Waals surface area contributed by atoms with E-state index < -0.39 is 0 Å². The van der Waals surface area contributed by atoms with E-state index in [2.05, 4.69) is 11.8 Å². The predicted molar refractivity (Wildman–Crippen MR) is 127 cm³/mol. The lowest BCUT2D eigenvalue weighted by molar-refractivity contribution is -0.122. The fourth-order valence-electron chi connectivity index (χ4n) is 3.47. The lowest BCUT2D eigenvalue weighted by Gasteiger charge is -2.19. The molecule has 1 amide bonds. The first-order valence-corrected chi connectivity index (χ1v) is 11.7. The molecule has 0 aliphatic carbocycles. The lowest BCUT2D eigenvalue weighted by atomic mass is 10.1. The monoisotopic (exact) mass is 453 g/mol. The summed E-state index contributed by atoms with van der Waals surface area (Å²) in [5.41, 5.74) is 2.31. The van der Waals surface area contributed by atoms with Crippen LogP contribution >= 0.6 is 23.5 Å². The van der Waals surface area contributed by atoms with Gasteiger partial charge in [0.25, 0.3) is 5.91 Å². The number of likely N-dealkylation sites (N-methyl/N-ethyl adjacent to an activating group) is 1. The van der Waals surface area contributed by atoms with Gasteiger partial charge in [-0.2, -0.15) is 0 Å². The van der Waals surface area contributed by atoms with Gasteiger partial charge in [-0.3, -0.25) is 14.5 Å². The van der Waals surface area contributed by atoms with Crippen LogP contribution in [0.3, 0.4) is 0 Å². The number of anilines is 1. The Hall–Kier alpha value is -2.71. The number of carbonyl (C=O) groups excluding carboxylic acids is 2. The number of carbonyl (C=O) groups is 2. The second-order valence-electron chi connectivity index (χ2n) is 6.97. The van der Waals surface area contributed by atoms with Crippen molar-refractivity contribution in [1.82, 2.24) is 4.90 Å². The molecule has 0 atom stereocenters. The van der Waals surface area contributed by atoms with Crippen molar-refractivity contribution < 1.29 is 14.3 Å². The highest BCUT2D eigenvalue weighted by molar-refractivity contribution is 8.19. The minimum absolute atomic E-state index is 0.0125. The van der Waals surface area contributed by atoms with Gasteiger partial charge < -0.3 is 9.64 Å². The summed E-state index contributed by atoms with van der Waals surface area (Å²) in [6.45, 7) is 6.79. The first-order chi connectivity index (χ1) is 15.0. The molecule has 2 aromatic carbocycles. The second-order valence-corrected chi connectivity index (χ2v) is 8.97. The number of amides is 1. The van der Waals surface area contributed by atoms with Crippen molar-refractivity contribution in [3.63, 3.8) is 0 Å². The number of thioether (sulfide) groups is 2. The quantitative estimate of drug-likeness (QED) is 0.453. The lowest BCUT2D eigenvalue weighted by Crippen LogP contribution is -2.29. The number of aliphatic imine (C=N–C) groups is 1. The third-order valence-corrected chi connectivity index (χ3v) is 7.45. The van der Waals surface area contributed by atoms with Gasteiger partial charge in [-0.15, -0.1) is 0 Å². The molecule has 2 aromatic rings. The van der Waals surface area contributed by atoms with Crippen LogP contribution in [0.25, 0.3) is 0 Å². The number of hydrogen-bond donors (Lipinski definition) is 0. The molecular weight excluding hydrogens is 430 g/mol. The Labute approximate surface area is 190 Å². The van der Waals surface area contributed by atoms with Gasteiger partial charge in [0.15, 0.2) is 11.0 Å². The molecule has 8 heteroatoms. The summed E-state index contributed by atoms with van der Waals surface area (Å²) >= 11 is 2.98. The van der Waals surface area contributed by atoms with Gasteiger partial charge in [-0.1, -0.05) is 23.9 Å². The van der Waals surface area contributed by atoms with Crippen LogP contribution in [0.2, 0.25) is 0 Å². The maximum atomic E-state index is 13.3. The van der Waals surface area contributed by atoms with E-state index in [0.29, 0.717) is 27.9 Å².